The van der Waals surface area contributed by atoms with Crippen LogP contribution in [-0.4, -0.2) is 22.0 Å². The number of hydrogen-bond acceptors (Lipinski definition) is 3. The molecule has 0 heterocycles. The van der Waals surface area contributed by atoms with E-state index in [1.54, 1.807) is 11.8 Å². The summed E-state index contributed by atoms with van der Waals surface area (Å²) < 4.78 is 0. The van der Waals surface area contributed by atoms with Crippen LogP contribution in [-0.2, 0) is 0 Å². The first-order chi connectivity index (χ1) is 4.16. The average molecular weight is 148 g/mol. The van der Waals surface area contributed by atoms with E-state index in [-0.39, 0.29) is 5.84 Å². The molecule has 0 aliphatic rings. The number of oxime groups is 1. The molecule has 0 spiro atoms. The minimum absolute atomic E-state index is 0.286. The van der Waals surface area contributed by atoms with Gasteiger partial charge in [-0.15, -0.1) is 0 Å². The fraction of sp³-hybridized carbons (Fsp3) is 0.800. The topological polar surface area (TPSA) is 58.6 Å². The Morgan fingerprint density at radius 3 is 2.67 bits per heavy atom. The standard InChI is InChI=1S/C5H12N2OS/c1-4(2)9-3-5(6)7-8/h4,8H,3H2,1-2H3,(H2,6,7). The van der Waals surface area contributed by atoms with Crippen LogP contribution in [0.2, 0.25) is 0 Å². The van der Waals surface area contributed by atoms with Crippen LogP contribution in [0, 0.1) is 0 Å². The van der Waals surface area contributed by atoms with Crippen LogP contribution in [0.4, 0.5) is 0 Å². The normalized spacial score (nSPS) is 12.6. The van der Waals surface area contributed by atoms with E-state index in [0.717, 1.165) is 0 Å². The molecule has 54 valence electrons. The summed E-state index contributed by atoms with van der Waals surface area (Å²) in [6.45, 7) is 4.13. The van der Waals surface area contributed by atoms with Crippen LogP contribution in [0.5, 0.6) is 0 Å². The second-order valence-corrected chi connectivity index (χ2v) is 3.52. The van der Waals surface area contributed by atoms with Gasteiger partial charge in [0.2, 0.25) is 0 Å². The summed E-state index contributed by atoms with van der Waals surface area (Å²) in [5.74, 6) is 0.891. The van der Waals surface area contributed by atoms with Gasteiger partial charge in [0, 0.05) is 0 Å². The highest BCUT2D eigenvalue weighted by molar-refractivity contribution is 8.00. The van der Waals surface area contributed by atoms with Gasteiger partial charge in [0.1, 0.15) is 5.84 Å². The number of nitrogens with two attached hydrogens (primary N) is 1. The van der Waals surface area contributed by atoms with Crippen molar-refractivity contribution in [3.8, 4) is 0 Å². The third-order valence-electron chi connectivity index (χ3n) is 0.693. The van der Waals surface area contributed by atoms with E-state index in [9.17, 15) is 0 Å². The Bertz CT molecular complexity index is 103. The van der Waals surface area contributed by atoms with Crippen molar-refractivity contribution in [2.45, 2.75) is 19.1 Å². The van der Waals surface area contributed by atoms with E-state index in [4.69, 9.17) is 10.9 Å². The van der Waals surface area contributed by atoms with Gasteiger partial charge in [0.15, 0.2) is 0 Å². The lowest BCUT2D eigenvalue weighted by atomic mass is 10.6. The molecule has 3 nitrogen and oxygen atoms in total. The predicted octanol–water partition coefficient (Wildman–Crippen LogP) is 0.874. The number of thioether (sulfide) groups is 1. The Morgan fingerprint density at radius 1 is 1.78 bits per heavy atom. The van der Waals surface area contributed by atoms with Gasteiger partial charge in [-0.05, 0) is 5.25 Å². The number of nitrogens with zero attached hydrogens (tertiary/aromatic N) is 1. The van der Waals surface area contributed by atoms with E-state index < -0.39 is 0 Å². The molecule has 0 unspecified atom stereocenters. The van der Waals surface area contributed by atoms with Gasteiger partial charge in [0.25, 0.3) is 0 Å². The quantitative estimate of drug-likeness (QED) is 0.270. The fourth-order valence-corrected chi connectivity index (χ4v) is 0.843. The van der Waals surface area contributed by atoms with Crippen molar-refractivity contribution >= 4 is 17.6 Å². The lowest BCUT2D eigenvalue weighted by molar-refractivity contribution is 0.318. The van der Waals surface area contributed by atoms with Gasteiger partial charge in [0.05, 0.1) is 5.75 Å². The lowest BCUT2D eigenvalue weighted by Crippen LogP contribution is -2.15. The summed E-state index contributed by atoms with van der Waals surface area (Å²) >= 11 is 1.65. The maximum Gasteiger partial charge on any atom is 0.149 e. The van der Waals surface area contributed by atoms with Crippen molar-refractivity contribution in [1.82, 2.24) is 0 Å². The summed E-state index contributed by atoms with van der Waals surface area (Å²) in [6.07, 6.45) is 0. The highest BCUT2D eigenvalue weighted by Gasteiger charge is 1.95. The molecule has 0 aliphatic heterocycles. The van der Waals surface area contributed by atoms with Crippen LogP contribution in [0.3, 0.4) is 0 Å². The third kappa shape index (κ3) is 5.49. The fourth-order valence-electron chi connectivity index (χ4n) is 0.281. The second-order valence-electron chi connectivity index (χ2n) is 1.95. The molecule has 0 bridgehead atoms. The second kappa shape index (κ2) is 4.49. The monoisotopic (exact) mass is 148 g/mol. The van der Waals surface area contributed by atoms with E-state index in [0.29, 0.717) is 11.0 Å². The van der Waals surface area contributed by atoms with Crippen molar-refractivity contribution < 1.29 is 5.21 Å². The maximum atomic E-state index is 8.10. The molecule has 9 heavy (non-hydrogen) atoms. The Morgan fingerprint density at radius 2 is 2.33 bits per heavy atom. The molecule has 0 fully saturated rings. The lowest BCUT2D eigenvalue weighted by Gasteiger charge is -2.01. The van der Waals surface area contributed by atoms with Crippen molar-refractivity contribution in [1.29, 1.82) is 0 Å². The van der Waals surface area contributed by atoms with Crippen molar-refractivity contribution in [2.24, 2.45) is 10.9 Å². The van der Waals surface area contributed by atoms with Crippen LogP contribution in [0.25, 0.3) is 0 Å². The van der Waals surface area contributed by atoms with Crippen LogP contribution < -0.4 is 5.73 Å². The molecule has 0 atom stereocenters. The van der Waals surface area contributed by atoms with Crippen LogP contribution in [0.15, 0.2) is 5.16 Å². The Balaban J connectivity index is 3.28. The molecular formula is C5H12N2OS. The highest BCUT2D eigenvalue weighted by atomic mass is 32.2. The number of hydrogen-bond donors (Lipinski definition) is 2. The first-order valence-electron chi connectivity index (χ1n) is 2.74. The number of amidine groups is 1. The maximum absolute atomic E-state index is 8.10. The molecule has 0 aliphatic carbocycles. The average Bonchev–Trinajstić information content (AvgIpc) is 1.83. The molecule has 0 saturated heterocycles. The summed E-state index contributed by atoms with van der Waals surface area (Å²) in [6, 6.07) is 0. The molecule has 0 aromatic carbocycles. The molecular weight excluding hydrogens is 136 g/mol. The smallest absolute Gasteiger partial charge is 0.149 e. The first-order valence-corrected chi connectivity index (χ1v) is 3.79. The molecule has 0 radical (unpaired) electrons. The van der Waals surface area contributed by atoms with E-state index in [1.807, 2.05) is 0 Å². The van der Waals surface area contributed by atoms with Crippen molar-refractivity contribution in [3.05, 3.63) is 0 Å². The molecule has 0 aromatic rings. The van der Waals surface area contributed by atoms with E-state index in [1.165, 1.54) is 0 Å². The Kier molecular flexibility index (Phi) is 4.30. The van der Waals surface area contributed by atoms with Gasteiger partial charge >= 0.3 is 0 Å². The minimum Gasteiger partial charge on any atom is -0.409 e. The van der Waals surface area contributed by atoms with Gasteiger partial charge in [-0.25, -0.2) is 0 Å². The van der Waals surface area contributed by atoms with Crippen LogP contribution >= 0.6 is 11.8 Å². The third-order valence-corrected chi connectivity index (χ3v) is 1.82. The van der Waals surface area contributed by atoms with Gasteiger partial charge in [-0.3, -0.25) is 0 Å². The molecule has 3 N–H and O–H groups in total. The Labute approximate surface area is 59.3 Å². The van der Waals surface area contributed by atoms with Crippen molar-refractivity contribution in [3.63, 3.8) is 0 Å². The largest absolute Gasteiger partial charge is 0.409 e. The first kappa shape index (κ1) is 8.62. The van der Waals surface area contributed by atoms with Crippen LogP contribution in [0.1, 0.15) is 13.8 Å². The minimum atomic E-state index is 0.286. The summed E-state index contributed by atoms with van der Waals surface area (Å²) in [5.41, 5.74) is 5.20. The zero-order valence-corrected chi connectivity index (χ0v) is 6.48. The summed E-state index contributed by atoms with van der Waals surface area (Å²) in [7, 11) is 0. The summed E-state index contributed by atoms with van der Waals surface area (Å²) in [4.78, 5) is 0. The van der Waals surface area contributed by atoms with E-state index >= 15 is 0 Å². The zero-order chi connectivity index (χ0) is 7.28. The number of rotatable bonds is 3. The van der Waals surface area contributed by atoms with Gasteiger partial charge in [-0.1, -0.05) is 19.0 Å². The highest BCUT2D eigenvalue weighted by Crippen LogP contribution is 2.07. The zero-order valence-electron chi connectivity index (χ0n) is 5.66. The molecule has 0 rings (SSSR count). The van der Waals surface area contributed by atoms with E-state index in [2.05, 4.69) is 19.0 Å². The Hall–Kier alpha value is -0.380. The molecule has 4 heteroatoms. The SMILES string of the molecule is CC(C)SC/C(N)=N/O. The van der Waals surface area contributed by atoms with Crippen molar-refractivity contribution in [2.75, 3.05) is 5.75 Å². The molecule has 0 saturated carbocycles. The predicted molar refractivity (Wildman–Crippen MR) is 41.0 cm³/mol. The molecule has 0 amide bonds. The molecule has 0 aromatic heterocycles. The van der Waals surface area contributed by atoms with Gasteiger partial charge < -0.3 is 10.9 Å². The summed E-state index contributed by atoms with van der Waals surface area (Å²) in [5, 5.41) is 11.5. The van der Waals surface area contributed by atoms with Gasteiger partial charge in [-0.2, -0.15) is 11.8 Å².